The fraction of sp³-hybridized carbons (Fsp3) is 0.576. The van der Waals surface area contributed by atoms with Gasteiger partial charge in [-0.15, -0.1) is 0 Å². The lowest BCUT2D eigenvalue weighted by atomic mass is 9.58. The van der Waals surface area contributed by atoms with Crippen molar-refractivity contribution in [3.05, 3.63) is 58.1 Å². The summed E-state index contributed by atoms with van der Waals surface area (Å²) in [5, 5.41) is -0.0415. The van der Waals surface area contributed by atoms with Crippen molar-refractivity contribution in [2.24, 2.45) is 23.2 Å². The number of ether oxygens (including phenoxy) is 1. The number of nitrogens with zero attached hydrogens (tertiary/aromatic N) is 1. The summed E-state index contributed by atoms with van der Waals surface area (Å²) in [4.78, 5) is 28.2. The molecular weight excluding hydrogens is 572 g/mol. The minimum Gasteiger partial charge on any atom is -0.487 e. The molecule has 5 rings (SSSR count). The van der Waals surface area contributed by atoms with E-state index in [0.717, 1.165) is 75.6 Å². The normalized spacial score (nSPS) is 30.3. The van der Waals surface area contributed by atoms with Gasteiger partial charge in [0.1, 0.15) is 18.6 Å². The van der Waals surface area contributed by atoms with Gasteiger partial charge in [0.25, 0.3) is 5.91 Å². The van der Waals surface area contributed by atoms with Gasteiger partial charge in [0, 0.05) is 29.1 Å². The topological polar surface area (TPSA) is 92.8 Å². The molecule has 2 aliphatic heterocycles. The Hall–Kier alpha value is -2.58. The molecule has 9 heteroatoms. The quantitative estimate of drug-likeness (QED) is 0.366. The van der Waals surface area contributed by atoms with Gasteiger partial charge in [-0.05, 0) is 111 Å². The lowest BCUT2D eigenvalue weighted by Crippen LogP contribution is -2.47. The van der Waals surface area contributed by atoms with Crippen LogP contribution in [0.2, 0.25) is 5.02 Å². The number of carbonyl (C=O) groups is 2. The van der Waals surface area contributed by atoms with Crippen LogP contribution in [0.1, 0.15) is 87.2 Å². The molecule has 42 heavy (non-hydrogen) atoms. The van der Waals surface area contributed by atoms with Crippen molar-refractivity contribution in [2.75, 3.05) is 18.0 Å². The van der Waals surface area contributed by atoms with Crippen molar-refractivity contribution in [2.45, 2.75) is 84.0 Å². The molecule has 7 nitrogen and oxygen atoms in total. The Morgan fingerprint density at radius 1 is 1.05 bits per heavy atom. The molecule has 0 spiro atoms. The molecule has 2 heterocycles. The number of anilines is 1. The van der Waals surface area contributed by atoms with Crippen molar-refractivity contribution >= 4 is 39.5 Å². The number of amides is 1. The maximum atomic E-state index is 13.3. The first kappa shape index (κ1) is 30.9. The molecule has 5 atom stereocenters. The largest absolute Gasteiger partial charge is 0.487 e. The van der Waals surface area contributed by atoms with Gasteiger partial charge in [-0.25, -0.2) is 13.1 Å². The van der Waals surface area contributed by atoms with Gasteiger partial charge in [0.05, 0.1) is 10.9 Å². The van der Waals surface area contributed by atoms with Crippen LogP contribution in [0.5, 0.6) is 5.75 Å². The van der Waals surface area contributed by atoms with E-state index in [-0.39, 0.29) is 17.4 Å². The van der Waals surface area contributed by atoms with Gasteiger partial charge < -0.3 is 14.4 Å². The summed E-state index contributed by atoms with van der Waals surface area (Å²) in [5.41, 5.74) is 2.86. The highest BCUT2D eigenvalue weighted by Gasteiger charge is 2.45. The van der Waals surface area contributed by atoms with Crippen LogP contribution in [-0.2, 0) is 27.8 Å². The Morgan fingerprint density at radius 2 is 1.86 bits per heavy atom. The van der Waals surface area contributed by atoms with Gasteiger partial charge in [-0.2, -0.15) is 0 Å². The molecule has 1 saturated carbocycles. The van der Waals surface area contributed by atoms with Crippen LogP contribution < -0.4 is 14.4 Å². The molecular formula is C33H43ClN2O5S. The third-order valence-electron chi connectivity index (χ3n) is 10.1. The van der Waals surface area contributed by atoms with Crippen LogP contribution in [0.15, 0.2) is 36.4 Å². The molecule has 1 aliphatic carbocycles. The van der Waals surface area contributed by atoms with Crippen molar-refractivity contribution in [3.8, 4) is 5.75 Å². The second-order valence-corrected chi connectivity index (χ2v) is 15.4. The summed E-state index contributed by atoms with van der Waals surface area (Å²) >= 11 is 6.31. The smallest absolute Gasteiger partial charge is 0.264 e. The second-order valence-electron chi connectivity index (χ2n) is 12.9. The number of aldehydes is 1. The molecule has 0 saturated heterocycles. The summed E-state index contributed by atoms with van der Waals surface area (Å²) in [6.07, 6.45) is 8.15. The van der Waals surface area contributed by atoms with E-state index < -0.39 is 26.6 Å². The first-order valence-electron chi connectivity index (χ1n) is 15.3. The molecule has 1 fully saturated rings. The Morgan fingerprint density at radius 3 is 2.60 bits per heavy atom. The second kappa shape index (κ2) is 12.6. The number of hydrogen-bond donors (Lipinski definition) is 1. The molecule has 3 aliphatic rings. The van der Waals surface area contributed by atoms with Gasteiger partial charge in [0.2, 0.25) is 10.0 Å². The number of rotatable bonds is 1. The number of fused-ring (bicyclic) bond motifs is 3. The van der Waals surface area contributed by atoms with Crippen LogP contribution in [0.3, 0.4) is 0 Å². The highest BCUT2D eigenvalue weighted by Crippen LogP contribution is 2.49. The van der Waals surface area contributed by atoms with Crippen molar-refractivity contribution in [3.63, 3.8) is 0 Å². The van der Waals surface area contributed by atoms with E-state index in [1.807, 2.05) is 25.1 Å². The first-order valence-corrected chi connectivity index (χ1v) is 17.2. The Labute approximate surface area is 255 Å². The number of halogens is 1. The van der Waals surface area contributed by atoms with Crippen LogP contribution in [0.4, 0.5) is 5.69 Å². The van der Waals surface area contributed by atoms with Gasteiger partial charge >= 0.3 is 0 Å². The molecule has 0 radical (unpaired) electrons. The number of benzene rings is 2. The summed E-state index contributed by atoms with van der Waals surface area (Å²) in [6, 6.07) is 11.1. The summed E-state index contributed by atoms with van der Waals surface area (Å²) in [7, 11) is -3.90. The summed E-state index contributed by atoms with van der Waals surface area (Å²) in [6.45, 7) is 7.50. The lowest BCUT2D eigenvalue weighted by molar-refractivity contribution is -0.123. The van der Waals surface area contributed by atoms with E-state index in [2.05, 4.69) is 16.5 Å². The Balaban J connectivity index is 1.55. The minimum atomic E-state index is -3.90. The third kappa shape index (κ3) is 6.49. The first-order chi connectivity index (χ1) is 20.0. The predicted molar refractivity (Wildman–Crippen MR) is 167 cm³/mol. The maximum absolute atomic E-state index is 13.3. The van der Waals surface area contributed by atoms with E-state index in [1.54, 1.807) is 25.1 Å². The van der Waals surface area contributed by atoms with Crippen molar-refractivity contribution < 1.29 is 22.7 Å². The molecule has 2 bridgehead atoms. The minimum absolute atomic E-state index is 0.162. The van der Waals surface area contributed by atoms with E-state index in [0.29, 0.717) is 29.7 Å². The monoisotopic (exact) mass is 614 g/mol. The van der Waals surface area contributed by atoms with E-state index in [9.17, 15) is 18.0 Å². The fourth-order valence-electron chi connectivity index (χ4n) is 6.98. The van der Waals surface area contributed by atoms with Crippen LogP contribution >= 0.6 is 11.6 Å². The lowest BCUT2D eigenvalue weighted by Gasteiger charge is -2.48. The molecule has 2 aromatic carbocycles. The predicted octanol–water partition coefficient (Wildman–Crippen LogP) is 6.56. The number of sulfonamides is 1. The molecule has 0 aromatic heterocycles. The number of hydrogen-bond acceptors (Lipinski definition) is 6. The summed E-state index contributed by atoms with van der Waals surface area (Å²) in [5.74, 6) is 0.462. The number of aryl methyl sites for hydroxylation is 1. The van der Waals surface area contributed by atoms with Gasteiger partial charge in [-0.1, -0.05) is 37.9 Å². The third-order valence-corrected chi connectivity index (χ3v) is 12.3. The molecule has 228 valence electrons. The summed E-state index contributed by atoms with van der Waals surface area (Å²) < 4.78 is 35.2. The maximum Gasteiger partial charge on any atom is 0.264 e. The van der Waals surface area contributed by atoms with Gasteiger partial charge in [0.15, 0.2) is 0 Å². The Kier molecular flexibility index (Phi) is 9.24. The zero-order valence-electron chi connectivity index (χ0n) is 24.9. The highest BCUT2D eigenvalue weighted by atomic mass is 35.5. The molecule has 2 aromatic rings. The average Bonchev–Trinajstić information content (AvgIpc) is 2.97. The highest BCUT2D eigenvalue weighted by molar-refractivity contribution is 7.90. The average molecular weight is 615 g/mol. The van der Waals surface area contributed by atoms with Crippen molar-refractivity contribution in [1.29, 1.82) is 0 Å². The van der Waals surface area contributed by atoms with E-state index in [4.69, 9.17) is 16.3 Å². The molecule has 0 unspecified atom stereocenters. The number of carbonyl (C=O) groups excluding carboxylic acids is 2. The fourth-order valence-corrected chi connectivity index (χ4v) is 8.48. The zero-order chi connectivity index (χ0) is 30.1. The van der Waals surface area contributed by atoms with Gasteiger partial charge in [-0.3, -0.25) is 4.79 Å². The zero-order valence-corrected chi connectivity index (χ0v) is 26.5. The molecule has 1 N–H and O–H groups in total. The SMILES string of the molecule is C[C@@H]1[C@@H](C)CCC[C@](C)(C=O)[C@@H]2CC[C@H]2CN2CCCCc3cc(Cl)ccc3COc3ccc(cc32)C(=O)NS1(=O)=O. The molecule has 1 amide bonds. The standard InChI is InChI=1S/C33H43ClN2O5S/c1-22-7-6-15-33(3,21-37)29-13-10-26(29)19-36-16-5-4-8-24-17-28(34)12-9-27(24)20-41-31-14-11-25(18-30(31)36)32(38)35-42(39,40)23(22)2/h9,11-12,14,17-18,21-23,26,29H,4-8,10,13,15-16,19-20H2,1-3H3,(H,35,38)/t22-,23+,26-,29+,33+/m0/s1. The van der Waals surface area contributed by atoms with Crippen LogP contribution in [0, 0.1) is 23.2 Å². The number of nitrogens with one attached hydrogen (secondary N) is 1. The van der Waals surface area contributed by atoms with Crippen molar-refractivity contribution in [1.82, 2.24) is 4.72 Å². The Bertz CT molecular complexity index is 1430. The van der Waals surface area contributed by atoms with Crippen LogP contribution in [0.25, 0.3) is 0 Å². The van der Waals surface area contributed by atoms with E-state index >= 15 is 0 Å². The van der Waals surface area contributed by atoms with Crippen LogP contribution in [-0.4, -0.2) is 39.0 Å². The van der Waals surface area contributed by atoms with E-state index in [1.165, 1.54) is 5.56 Å².